The molecule has 1 aliphatic rings. The Hall–Kier alpha value is -4.27. The number of hydrogen-bond donors (Lipinski definition) is 0. The van der Waals surface area contributed by atoms with E-state index >= 15 is 0 Å². The van der Waals surface area contributed by atoms with Gasteiger partial charge in [0.1, 0.15) is 12.2 Å². The third-order valence-electron chi connectivity index (χ3n) is 5.93. The number of rotatable bonds is 5. The van der Waals surface area contributed by atoms with Crippen molar-refractivity contribution in [3.63, 3.8) is 0 Å². The van der Waals surface area contributed by atoms with Gasteiger partial charge in [-0.2, -0.15) is 4.98 Å². The van der Waals surface area contributed by atoms with Crippen molar-refractivity contribution < 1.29 is 13.9 Å². The van der Waals surface area contributed by atoms with Crippen molar-refractivity contribution in [2.45, 2.75) is 25.7 Å². The van der Waals surface area contributed by atoms with Crippen LogP contribution in [0.1, 0.15) is 40.6 Å². The van der Waals surface area contributed by atoms with Gasteiger partial charge in [-0.05, 0) is 38.0 Å². The second-order valence-corrected chi connectivity index (χ2v) is 8.39. The van der Waals surface area contributed by atoms with Crippen LogP contribution in [0.5, 0.6) is 11.6 Å². The van der Waals surface area contributed by atoms with E-state index < -0.39 is 5.82 Å². The van der Waals surface area contributed by atoms with Crippen LogP contribution in [0.3, 0.4) is 0 Å². The molecule has 1 aromatic carbocycles. The van der Waals surface area contributed by atoms with E-state index in [9.17, 15) is 9.18 Å². The van der Waals surface area contributed by atoms with Gasteiger partial charge in [0.25, 0.3) is 5.91 Å². The van der Waals surface area contributed by atoms with Crippen LogP contribution in [0.25, 0.3) is 11.1 Å². The molecule has 1 amide bonds. The number of benzene rings is 1. The summed E-state index contributed by atoms with van der Waals surface area (Å²) in [7, 11) is 0. The number of para-hydroxylation sites is 1. The zero-order valence-electron chi connectivity index (χ0n) is 19.1. The molecular formula is C26H23FN6O2. The fraction of sp³-hybridized carbons (Fsp3) is 0.231. The van der Waals surface area contributed by atoms with Gasteiger partial charge in [0.2, 0.25) is 5.88 Å². The van der Waals surface area contributed by atoms with Gasteiger partial charge in [0.15, 0.2) is 11.6 Å². The molecule has 176 valence electrons. The lowest BCUT2D eigenvalue weighted by Gasteiger charge is -2.31. The second-order valence-electron chi connectivity index (χ2n) is 8.39. The molecule has 5 rings (SSSR count). The van der Waals surface area contributed by atoms with E-state index in [1.807, 2.05) is 17.9 Å². The summed E-state index contributed by atoms with van der Waals surface area (Å²) in [5, 5.41) is 0. The van der Waals surface area contributed by atoms with Gasteiger partial charge in [-0.25, -0.2) is 19.3 Å². The first-order valence-corrected chi connectivity index (χ1v) is 11.3. The zero-order chi connectivity index (χ0) is 24.2. The summed E-state index contributed by atoms with van der Waals surface area (Å²) in [6.07, 6.45) is 9.55. The van der Waals surface area contributed by atoms with Crippen LogP contribution >= 0.6 is 0 Å². The number of hydrogen-bond acceptors (Lipinski definition) is 7. The maximum Gasteiger partial charge on any atom is 0.255 e. The maximum atomic E-state index is 14.0. The average Bonchev–Trinajstić information content (AvgIpc) is 2.90. The van der Waals surface area contributed by atoms with Crippen LogP contribution in [0.15, 0.2) is 67.5 Å². The zero-order valence-corrected chi connectivity index (χ0v) is 19.1. The third kappa shape index (κ3) is 5.13. The number of likely N-dealkylation sites (tertiary alicyclic amines) is 1. The number of nitrogens with zero attached hydrogens (tertiary/aromatic N) is 6. The largest absolute Gasteiger partial charge is 0.436 e. The molecule has 35 heavy (non-hydrogen) atoms. The number of aryl methyl sites for hydroxylation is 1. The summed E-state index contributed by atoms with van der Waals surface area (Å²) in [6, 6.07) is 9.72. The summed E-state index contributed by atoms with van der Waals surface area (Å²) in [5.41, 5.74) is 2.87. The van der Waals surface area contributed by atoms with Crippen LogP contribution in [0.2, 0.25) is 0 Å². The maximum absolute atomic E-state index is 14.0. The lowest BCUT2D eigenvalue weighted by atomic mass is 9.95. The summed E-state index contributed by atoms with van der Waals surface area (Å²) in [5.74, 6) is 0.640. The van der Waals surface area contributed by atoms with Gasteiger partial charge < -0.3 is 9.64 Å². The molecule has 0 atom stereocenters. The predicted octanol–water partition coefficient (Wildman–Crippen LogP) is 4.59. The van der Waals surface area contributed by atoms with Crippen LogP contribution in [-0.2, 0) is 0 Å². The number of amides is 1. The second kappa shape index (κ2) is 9.92. The molecule has 3 aromatic heterocycles. The van der Waals surface area contributed by atoms with E-state index in [2.05, 4.69) is 24.9 Å². The monoisotopic (exact) mass is 470 g/mol. The minimum atomic E-state index is -0.449. The van der Waals surface area contributed by atoms with Gasteiger partial charge in [0, 0.05) is 66.7 Å². The molecule has 4 heterocycles. The number of pyridine rings is 1. The van der Waals surface area contributed by atoms with E-state index in [0.717, 1.165) is 16.8 Å². The topological polar surface area (TPSA) is 94.0 Å². The molecule has 4 aromatic rings. The fourth-order valence-electron chi connectivity index (χ4n) is 4.12. The third-order valence-corrected chi connectivity index (χ3v) is 5.93. The average molecular weight is 471 g/mol. The van der Waals surface area contributed by atoms with Gasteiger partial charge in [-0.3, -0.25) is 9.78 Å². The minimum absolute atomic E-state index is 0.0663. The Bertz CT molecular complexity index is 1340. The van der Waals surface area contributed by atoms with E-state index in [1.54, 1.807) is 49.1 Å². The Morgan fingerprint density at radius 2 is 1.71 bits per heavy atom. The van der Waals surface area contributed by atoms with Crippen molar-refractivity contribution in [3.05, 3.63) is 90.4 Å². The molecule has 0 N–H and O–H groups in total. The van der Waals surface area contributed by atoms with Crippen molar-refractivity contribution in [3.8, 4) is 22.8 Å². The lowest BCUT2D eigenvalue weighted by Crippen LogP contribution is -2.38. The standard InChI is InChI=1S/C26H23FN6O2/c1-17-10-24(35-23-5-3-2-4-22(23)27)32-25(31-17)18-6-8-33(9-7-18)26(34)20-11-19(12-28-13-20)21-14-29-16-30-15-21/h2-5,10-16,18H,6-9H2,1H3. The Morgan fingerprint density at radius 3 is 2.49 bits per heavy atom. The number of aromatic nitrogens is 5. The molecule has 0 radical (unpaired) electrons. The van der Waals surface area contributed by atoms with Crippen molar-refractivity contribution in [2.75, 3.05) is 13.1 Å². The summed E-state index contributed by atoms with van der Waals surface area (Å²) >= 11 is 0. The first-order chi connectivity index (χ1) is 17.1. The molecule has 1 saturated heterocycles. The molecule has 0 spiro atoms. The van der Waals surface area contributed by atoms with Gasteiger partial charge >= 0.3 is 0 Å². The molecule has 0 unspecified atom stereocenters. The minimum Gasteiger partial charge on any atom is -0.436 e. The Labute approximate surface area is 201 Å². The van der Waals surface area contributed by atoms with Crippen LogP contribution in [-0.4, -0.2) is 48.8 Å². The number of ether oxygens (including phenoxy) is 1. The quantitative estimate of drug-likeness (QED) is 0.421. The number of halogens is 1. The van der Waals surface area contributed by atoms with E-state index in [0.29, 0.717) is 43.2 Å². The van der Waals surface area contributed by atoms with Crippen LogP contribution in [0, 0.1) is 12.7 Å². The van der Waals surface area contributed by atoms with Gasteiger partial charge in [0.05, 0.1) is 5.56 Å². The molecule has 8 nitrogen and oxygen atoms in total. The first-order valence-electron chi connectivity index (χ1n) is 11.3. The molecular weight excluding hydrogens is 447 g/mol. The van der Waals surface area contributed by atoms with Gasteiger partial charge in [-0.15, -0.1) is 0 Å². The van der Waals surface area contributed by atoms with Crippen molar-refractivity contribution in [1.82, 2.24) is 29.8 Å². The molecule has 9 heteroatoms. The van der Waals surface area contributed by atoms with Gasteiger partial charge in [-0.1, -0.05) is 12.1 Å². The highest BCUT2D eigenvalue weighted by atomic mass is 19.1. The van der Waals surface area contributed by atoms with Crippen molar-refractivity contribution in [2.24, 2.45) is 0 Å². The van der Waals surface area contributed by atoms with Crippen LogP contribution in [0.4, 0.5) is 4.39 Å². The molecule has 0 saturated carbocycles. The number of piperidine rings is 1. The predicted molar refractivity (Wildman–Crippen MR) is 126 cm³/mol. The molecule has 0 aliphatic carbocycles. The number of carbonyl (C=O) groups excluding carboxylic acids is 1. The van der Waals surface area contributed by atoms with E-state index in [4.69, 9.17) is 4.74 Å². The smallest absolute Gasteiger partial charge is 0.255 e. The number of carbonyl (C=O) groups is 1. The normalized spacial score (nSPS) is 14.1. The highest BCUT2D eigenvalue weighted by molar-refractivity contribution is 5.95. The molecule has 1 fully saturated rings. The highest BCUT2D eigenvalue weighted by Gasteiger charge is 2.27. The first kappa shape index (κ1) is 22.5. The van der Waals surface area contributed by atoms with Crippen molar-refractivity contribution >= 4 is 5.91 Å². The Balaban J connectivity index is 1.26. The fourth-order valence-corrected chi connectivity index (χ4v) is 4.12. The van der Waals surface area contributed by atoms with E-state index in [-0.39, 0.29) is 17.6 Å². The molecule has 0 bridgehead atoms. The van der Waals surface area contributed by atoms with Crippen molar-refractivity contribution in [1.29, 1.82) is 0 Å². The van der Waals surface area contributed by atoms with Crippen LogP contribution < -0.4 is 4.74 Å². The lowest BCUT2D eigenvalue weighted by molar-refractivity contribution is 0.0710. The summed E-state index contributed by atoms with van der Waals surface area (Å²) in [6.45, 7) is 3.00. The summed E-state index contributed by atoms with van der Waals surface area (Å²) in [4.78, 5) is 36.4. The Morgan fingerprint density at radius 1 is 0.971 bits per heavy atom. The summed E-state index contributed by atoms with van der Waals surface area (Å²) < 4.78 is 19.7. The SMILES string of the molecule is Cc1cc(Oc2ccccc2F)nc(C2CCN(C(=O)c3cncc(-c4cncnc4)c3)CC2)n1. The Kier molecular flexibility index (Phi) is 6.38. The highest BCUT2D eigenvalue weighted by Crippen LogP contribution is 2.30. The molecule has 1 aliphatic heterocycles. The van der Waals surface area contributed by atoms with E-state index in [1.165, 1.54) is 12.4 Å².